The van der Waals surface area contributed by atoms with Crippen molar-refractivity contribution in [3.8, 4) is 0 Å². The molecule has 0 aromatic heterocycles. The lowest BCUT2D eigenvalue weighted by Crippen LogP contribution is -2.46. The SMILES string of the molecule is CC(=O)O[C@H]1CC2C[C@@H](OC(=O)c3ccc(Cl)cc3)CC1N2C. The van der Waals surface area contributed by atoms with Crippen molar-refractivity contribution in [2.45, 2.75) is 50.5 Å². The van der Waals surface area contributed by atoms with E-state index in [9.17, 15) is 9.59 Å². The standard InChI is InChI=1S/C17H20ClNO4/c1-10(20)22-16-8-13-7-14(9-15(16)19(13)2)23-17(21)11-3-5-12(18)6-4-11/h3-6,13-16H,7-9H2,1-2H3/t13?,14-,15?,16+/m1/s1. The molecule has 6 heteroatoms. The summed E-state index contributed by atoms with van der Waals surface area (Å²) in [7, 11) is 2.04. The number of benzene rings is 1. The van der Waals surface area contributed by atoms with Crippen LogP contribution in [0, 0.1) is 0 Å². The average Bonchev–Trinajstić information content (AvgIpc) is 2.67. The number of halogens is 1. The molecule has 1 aromatic carbocycles. The Balaban J connectivity index is 1.64. The Morgan fingerprint density at radius 1 is 1.13 bits per heavy atom. The molecule has 0 radical (unpaired) electrons. The van der Waals surface area contributed by atoms with Gasteiger partial charge < -0.3 is 9.47 Å². The van der Waals surface area contributed by atoms with Gasteiger partial charge in [-0.05, 0) is 31.3 Å². The molecule has 0 aliphatic carbocycles. The summed E-state index contributed by atoms with van der Waals surface area (Å²) < 4.78 is 11.1. The topological polar surface area (TPSA) is 55.8 Å². The Hall–Kier alpha value is -1.59. The first kappa shape index (κ1) is 16.3. The lowest BCUT2D eigenvalue weighted by Gasteiger charge is -2.36. The van der Waals surface area contributed by atoms with Crippen molar-refractivity contribution in [1.29, 1.82) is 0 Å². The van der Waals surface area contributed by atoms with Crippen LogP contribution in [0.25, 0.3) is 0 Å². The van der Waals surface area contributed by atoms with Gasteiger partial charge in [0.05, 0.1) is 11.6 Å². The van der Waals surface area contributed by atoms with Crippen LogP contribution in [0.2, 0.25) is 5.02 Å². The number of ether oxygens (including phenoxy) is 2. The molecule has 2 unspecified atom stereocenters. The maximum absolute atomic E-state index is 12.2. The molecule has 1 aromatic rings. The number of nitrogens with zero attached hydrogens (tertiary/aromatic N) is 1. The van der Waals surface area contributed by atoms with Crippen molar-refractivity contribution in [3.63, 3.8) is 0 Å². The number of carbonyl (C=O) groups excluding carboxylic acids is 2. The number of hydrogen-bond donors (Lipinski definition) is 0. The smallest absolute Gasteiger partial charge is 0.338 e. The van der Waals surface area contributed by atoms with Crippen LogP contribution in [0.15, 0.2) is 24.3 Å². The molecule has 2 heterocycles. The van der Waals surface area contributed by atoms with Crippen LogP contribution in [-0.2, 0) is 14.3 Å². The molecule has 2 aliphatic heterocycles. The maximum Gasteiger partial charge on any atom is 0.338 e. The van der Waals surface area contributed by atoms with Gasteiger partial charge >= 0.3 is 11.9 Å². The molecule has 2 aliphatic rings. The van der Waals surface area contributed by atoms with E-state index in [1.807, 2.05) is 7.05 Å². The van der Waals surface area contributed by atoms with Gasteiger partial charge in [0.25, 0.3) is 0 Å². The zero-order chi connectivity index (χ0) is 16.6. The first-order chi connectivity index (χ1) is 10.9. The van der Waals surface area contributed by atoms with Gasteiger partial charge in [-0.3, -0.25) is 9.69 Å². The van der Waals surface area contributed by atoms with E-state index in [-0.39, 0.29) is 36.2 Å². The van der Waals surface area contributed by atoms with Gasteiger partial charge in [-0.25, -0.2) is 4.79 Å². The van der Waals surface area contributed by atoms with Gasteiger partial charge in [-0.1, -0.05) is 11.6 Å². The van der Waals surface area contributed by atoms with Crippen LogP contribution in [0.1, 0.15) is 36.5 Å². The normalized spacial score (nSPS) is 30.0. The third-order valence-electron chi connectivity index (χ3n) is 4.74. The second-order valence-electron chi connectivity index (χ2n) is 6.28. The molecule has 23 heavy (non-hydrogen) atoms. The van der Waals surface area contributed by atoms with Gasteiger partial charge in [-0.15, -0.1) is 0 Å². The van der Waals surface area contributed by atoms with Crippen LogP contribution in [0.5, 0.6) is 0 Å². The monoisotopic (exact) mass is 337 g/mol. The zero-order valence-corrected chi connectivity index (χ0v) is 14.0. The summed E-state index contributed by atoms with van der Waals surface area (Å²) in [6, 6.07) is 7.06. The fraction of sp³-hybridized carbons (Fsp3) is 0.529. The molecule has 5 nitrogen and oxygen atoms in total. The summed E-state index contributed by atoms with van der Waals surface area (Å²) in [4.78, 5) is 25.7. The summed E-state index contributed by atoms with van der Waals surface area (Å²) >= 11 is 5.83. The van der Waals surface area contributed by atoms with Gasteiger partial charge in [0, 0.05) is 37.3 Å². The molecular weight excluding hydrogens is 318 g/mol. The van der Waals surface area contributed by atoms with E-state index in [2.05, 4.69) is 4.90 Å². The third kappa shape index (κ3) is 3.51. The highest BCUT2D eigenvalue weighted by Gasteiger charge is 2.47. The van der Waals surface area contributed by atoms with Gasteiger partial charge in [0.1, 0.15) is 12.2 Å². The average molecular weight is 338 g/mol. The predicted molar refractivity (Wildman–Crippen MR) is 85.4 cm³/mol. The minimum absolute atomic E-state index is 0.110. The van der Waals surface area contributed by atoms with Crippen molar-refractivity contribution < 1.29 is 19.1 Å². The second kappa shape index (κ2) is 6.49. The largest absolute Gasteiger partial charge is 0.461 e. The highest BCUT2D eigenvalue weighted by Crippen LogP contribution is 2.37. The van der Waals surface area contributed by atoms with Crippen LogP contribution < -0.4 is 0 Å². The third-order valence-corrected chi connectivity index (χ3v) is 4.99. The van der Waals surface area contributed by atoms with E-state index in [1.54, 1.807) is 24.3 Å². The molecule has 0 N–H and O–H groups in total. The second-order valence-corrected chi connectivity index (χ2v) is 6.71. The van der Waals surface area contributed by atoms with Crippen molar-refractivity contribution >= 4 is 23.5 Å². The summed E-state index contributed by atoms with van der Waals surface area (Å²) in [5.41, 5.74) is 0.497. The van der Waals surface area contributed by atoms with E-state index in [0.717, 1.165) is 12.8 Å². The molecule has 124 valence electrons. The van der Waals surface area contributed by atoms with Crippen molar-refractivity contribution in [3.05, 3.63) is 34.9 Å². The number of likely N-dealkylation sites (N-methyl/N-ethyl adjacent to an activating group) is 1. The highest BCUT2D eigenvalue weighted by molar-refractivity contribution is 6.30. The summed E-state index contributed by atoms with van der Waals surface area (Å²) in [6.45, 7) is 1.43. The van der Waals surface area contributed by atoms with Crippen LogP contribution >= 0.6 is 11.6 Å². The van der Waals surface area contributed by atoms with E-state index < -0.39 is 0 Å². The fourth-order valence-electron chi connectivity index (χ4n) is 3.62. The van der Waals surface area contributed by atoms with E-state index in [1.165, 1.54) is 6.92 Å². The number of carbonyl (C=O) groups is 2. The van der Waals surface area contributed by atoms with Crippen molar-refractivity contribution in [1.82, 2.24) is 4.90 Å². The fourth-order valence-corrected chi connectivity index (χ4v) is 3.74. The molecule has 0 amide bonds. The number of hydrogen-bond acceptors (Lipinski definition) is 5. The van der Waals surface area contributed by atoms with E-state index >= 15 is 0 Å². The summed E-state index contributed by atoms with van der Waals surface area (Å²) in [5.74, 6) is -0.592. The zero-order valence-electron chi connectivity index (χ0n) is 13.2. The summed E-state index contributed by atoms with van der Waals surface area (Å²) in [6.07, 6.45) is 2.00. The van der Waals surface area contributed by atoms with E-state index in [4.69, 9.17) is 21.1 Å². The first-order valence-corrected chi connectivity index (χ1v) is 8.17. The van der Waals surface area contributed by atoms with Crippen LogP contribution in [0.4, 0.5) is 0 Å². The Labute approximate surface area is 140 Å². The molecule has 3 rings (SSSR count). The van der Waals surface area contributed by atoms with Crippen LogP contribution in [0.3, 0.4) is 0 Å². The number of rotatable bonds is 3. The number of fused-ring (bicyclic) bond motifs is 2. The Bertz CT molecular complexity index is 603. The number of esters is 2. The van der Waals surface area contributed by atoms with E-state index in [0.29, 0.717) is 17.0 Å². The molecule has 2 fully saturated rings. The Morgan fingerprint density at radius 3 is 2.48 bits per heavy atom. The van der Waals surface area contributed by atoms with Gasteiger partial charge in [0.2, 0.25) is 0 Å². The Kier molecular flexibility index (Phi) is 4.60. The Morgan fingerprint density at radius 2 is 1.83 bits per heavy atom. The van der Waals surface area contributed by atoms with Crippen molar-refractivity contribution in [2.75, 3.05) is 7.05 Å². The maximum atomic E-state index is 12.2. The lowest BCUT2D eigenvalue weighted by atomic mass is 10.00. The lowest BCUT2D eigenvalue weighted by molar-refractivity contribution is -0.147. The number of piperidine rings is 1. The molecule has 0 saturated carbocycles. The van der Waals surface area contributed by atoms with Gasteiger partial charge in [-0.2, -0.15) is 0 Å². The van der Waals surface area contributed by atoms with Gasteiger partial charge in [0.15, 0.2) is 0 Å². The molecule has 4 atom stereocenters. The quantitative estimate of drug-likeness (QED) is 0.794. The molecular formula is C17H20ClNO4. The molecule has 2 bridgehead atoms. The minimum Gasteiger partial charge on any atom is -0.461 e. The highest BCUT2D eigenvalue weighted by atomic mass is 35.5. The summed E-state index contributed by atoms with van der Waals surface area (Å²) in [5, 5.41) is 0.586. The predicted octanol–water partition coefficient (Wildman–Crippen LogP) is 2.66. The van der Waals surface area contributed by atoms with Crippen molar-refractivity contribution in [2.24, 2.45) is 0 Å². The molecule has 0 spiro atoms. The minimum atomic E-state index is -0.334. The molecule has 2 saturated heterocycles. The van der Waals surface area contributed by atoms with Crippen LogP contribution in [-0.4, -0.2) is 48.2 Å². The first-order valence-electron chi connectivity index (χ1n) is 7.79.